The summed E-state index contributed by atoms with van der Waals surface area (Å²) in [6.45, 7) is 11.8. The van der Waals surface area contributed by atoms with Gasteiger partial charge in [0.15, 0.2) is 6.61 Å². The van der Waals surface area contributed by atoms with E-state index in [0.29, 0.717) is 73.1 Å². The van der Waals surface area contributed by atoms with Gasteiger partial charge in [0.25, 0.3) is 11.5 Å². The molecule has 3 aromatic rings. The summed E-state index contributed by atoms with van der Waals surface area (Å²) in [6.07, 6.45) is 6.24. The molecule has 11 heteroatoms. The van der Waals surface area contributed by atoms with Gasteiger partial charge in [-0.1, -0.05) is 24.3 Å². The van der Waals surface area contributed by atoms with Crippen LogP contribution in [-0.4, -0.2) is 113 Å². The Kier molecular flexibility index (Phi) is 10.6. The number of carbonyl (C=O) groups excluding carboxylic acids is 1. The number of fused-ring (bicyclic) bond motifs is 1. The molecule has 3 heterocycles. The van der Waals surface area contributed by atoms with E-state index in [0.717, 1.165) is 38.3 Å². The van der Waals surface area contributed by atoms with Crippen molar-refractivity contribution in [3.63, 3.8) is 0 Å². The molecule has 47 heavy (non-hydrogen) atoms. The van der Waals surface area contributed by atoms with Crippen LogP contribution < -0.4 is 10.3 Å². The van der Waals surface area contributed by atoms with Gasteiger partial charge in [0.1, 0.15) is 17.3 Å². The number of benzene rings is 2. The molecule has 2 aliphatic heterocycles. The van der Waals surface area contributed by atoms with E-state index < -0.39 is 0 Å². The number of hydrogen-bond donors (Lipinski definition) is 0. The number of nitrogens with zero attached hydrogens (tertiary/aromatic N) is 6. The Bertz CT molecular complexity index is 1690. The molecular formula is C36H45ClN6O4. The van der Waals surface area contributed by atoms with Gasteiger partial charge in [-0.3, -0.25) is 24.0 Å². The average molecular weight is 661 g/mol. The number of allylic oxidation sites excluding steroid dienone is 3. The Morgan fingerprint density at radius 3 is 2.43 bits per heavy atom. The number of aromatic nitrogens is 2. The summed E-state index contributed by atoms with van der Waals surface area (Å²) in [5.41, 5.74) is 2.39. The monoisotopic (exact) mass is 660 g/mol. The first-order chi connectivity index (χ1) is 22.7. The molecule has 1 aliphatic carbocycles. The smallest absolute Gasteiger partial charge is 0.266 e. The van der Waals surface area contributed by atoms with Crippen molar-refractivity contribution < 1.29 is 14.3 Å². The predicted molar refractivity (Wildman–Crippen MR) is 185 cm³/mol. The van der Waals surface area contributed by atoms with Crippen molar-refractivity contribution in [2.45, 2.75) is 44.8 Å². The van der Waals surface area contributed by atoms with Crippen molar-refractivity contribution in [3.05, 3.63) is 88.2 Å². The lowest BCUT2D eigenvalue weighted by atomic mass is 10.1. The molecule has 3 aliphatic rings. The third kappa shape index (κ3) is 8.24. The minimum atomic E-state index is -0.117. The van der Waals surface area contributed by atoms with Crippen LogP contribution in [0.5, 0.6) is 5.75 Å². The molecule has 1 amide bonds. The third-order valence-corrected chi connectivity index (χ3v) is 9.26. The van der Waals surface area contributed by atoms with E-state index in [1.54, 1.807) is 4.57 Å². The topological polar surface area (TPSA) is 83.4 Å². The van der Waals surface area contributed by atoms with Crippen LogP contribution in [0, 0.1) is 0 Å². The van der Waals surface area contributed by atoms with Crippen LogP contribution in [0.2, 0.25) is 0 Å². The number of likely N-dealkylation sites (N-methyl/N-ethyl adjacent to an activating group) is 1. The maximum atomic E-state index is 14.3. The molecule has 2 fully saturated rings. The molecule has 0 saturated carbocycles. The fraction of sp³-hybridized carbons (Fsp3) is 0.472. The van der Waals surface area contributed by atoms with Gasteiger partial charge in [0, 0.05) is 58.9 Å². The number of hydrogen-bond acceptors (Lipinski definition) is 8. The first-order valence-corrected chi connectivity index (χ1v) is 17.0. The largest absolute Gasteiger partial charge is 0.489 e. The SMILES string of the molecule is CC(C)Oc1ccc(CN2CCN(C)CC2)cc1-n1c(CN2CCN(C(=O)COC3=CCC(Cl)C=C3)CC2)nc2ccccc2c1=O. The Morgan fingerprint density at radius 1 is 0.979 bits per heavy atom. The summed E-state index contributed by atoms with van der Waals surface area (Å²) in [4.78, 5) is 41.2. The highest BCUT2D eigenvalue weighted by molar-refractivity contribution is 6.22. The number of rotatable bonds is 10. The maximum absolute atomic E-state index is 14.3. The highest BCUT2D eigenvalue weighted by Crippen LogP contribution is 2.28. The maximum Gasteiger partial charge on any atom is 0.266 e. The number of ether oxygens (including phenoxy) is 2. The Balaban J connectivity index is 1.24. The molecule has 2 aromatic carbocycles. The van der Waals surface area contributed by atoms with E-state index in [2.05, 4.69) is 33.9 Å². The summed E-state index contributed by atoms with van der Waals surface area (Å²) < 4.78 is 13.8. The first-order valence-electron chi connectivity index (χ1n) is 16.6. The Hall–Kier alpha value is -3.70. The minimum absolute atomic E-state index is 0.00199. The quantitative estimate of drug-likeness (QED) is 0.302. The van der Waals surface area contributed by atoms with Gasteiger partial charge in [-0.2, -0.15) is 0 Å². The summed E-state index contributed by atoms with van der Waals surface area (Å²) in [7, 11) is 2.16. The molecule has 6 rings (SSSR count). The number of piperazine rings is 2. The van der Waals surface area contributed by atoms with Gasteiger partial charge in [0.2, 0.25) is 0 Å². The van der Waals surface area contributed by atoms with Crippen LogP contribution >= 0.6 is 11.6 Å². The molecular weight excluding hydrogens is 616 g/mol. The Morgan fingerprint density at radius 2 is 1.70 bits per heavy atom. The highest BCUT2D eigenvalue weighted by Gasteiger charge is 2.25. The fourth-order valence-electron chi connectivity index (χ4n) is 6.26. The predicted octanol–water partition coefficient (Wildman–Crippen LogP) is 4.03. The fourth-order valence-corrected chi connectivity index (χ4v) is 6.42. The second-order valence-electron chi connectivity index (χ2n) is 12.9. The molecule has 250 valence electrons. The number of halogens is 1. The summed E-state index contributed by atoms with van der Waals surface area (Å²) in [6, 6.07) is 13.7. The first kappa shape index (κ1) is 33.2. The minimum Gasteiger partial charge on any atom is -0.489 e. The third-order valence-electron chi connectivity index (χ3n) is 8.94. The van der Waals surface area contributed by atoms with Crippen LogP contribution in [-0.2, 0) is 22.6 Å². The number of para-hydroxylation sites is 1. The molecule has 2 saturated heterocycles. The van der Waals surface area contributed by atoms with Crippen molar-refractivity contribution in [1.29, 1.82) is 0 Å². The molecule has 1 aromatic heterocycles. The summed E-state index contributed by atoms with van der Waals surface area (Å²) >= 11 is 6.09. The lowest BCUT2D eigenvalue weighted by molar-refractivity contribution is -0.136. The second-order valence-corrected chi connectivity index (χ2v) is 13.5. The molecule has 1 unspecified atom stereocenters. The van der Waals surface area contributed by atoms with E-state index in [4.69, 9.17) is 26.1 Å². The van der Waals surface area contributed by atoms with Crippen molar-refractivity contribution in [3.8, 4) is 11.4 Å². The van der Waals surface area contributed by atoms with Gasteiger partial charge in [-0.05, 0) is 69.3 Å². The van der Waals surface area contributed by atoms with E-state index in [1.165, 1.54) is 0 Å². The normalized spacial score (nSPS) is 19.7. The summed E-state index contributed by atoms with van der Waals surface area (Å²) in [5.74, 6) is 1.95. The van der Waals surface area contributed by atoms with Crippen molar-refractivity contribution >= 4 is 28.4 Å². The molecule has 0 radical (unpaired) electrons. The van der Waals surface area contributed by atoms with Crippen LogP contribution in [0.4, 0.5) is 0 Å². The van der Waals surface area contributed by atoms with E-state index in [9.17, 15) is 9.59 Å². The van der Waals surface area contributed by atoms with Crippen molar-refractivity contribution in [2.75, 3.05) is 66.0 Å². The molecule has 1 atom stereocenters. The Labute approximate surface area is 281 Å². The van der Waals surface area contributed by atoms with Crippen LogP contribution in [0.15, 0.2) is 71.2 Å². The van der Waals surface area contributed by atoms with E-state index in [-0.39, 0.29) is 29.6 Å². The zero-order valence-electron chi connectivity index (χ0n) is 27.6. The lowest BCUT2D eigenvalue weighted by Gasteiger charge is -2.35. The van der Waals surface area contributed by atoms with Gasteiger partial charge >= 0.3 is 0 Å². The van der Waals surface area contributed by atoms with Crippen LogP contribution in [0.3, 0.4) is 0 Å². The van der Waals surface area contributed by atoms with E-state index in [1.807, 2.05) is 67.3 Å². The molecule has 0 spiro atoms. The van der Waals surface area contributed by atoms with Crippen LogP contribution in [0.1, 0.15) is 31.7 Å². The standard InChI is InChI=1S/C36H45ClN6O4/c1-26(2)47-33-13-8-27(23-40-16-14-39(3)15-17-40)22-32(33)43-34(38-31-7-5-4-6-30(31)36(43)45)24-41-18-20-42(21-19-41)35(44)25-46-29-11-9-28(37)10-12-29/h4-9,11-13,22,26,28H,10,14-21,23-25H2,1-3H3. The number of amides is 1. The van der Waals surface area contributed by atoms with Crippen LogP contribution in [0.25, 0.3) is 16.6 Å². The molecule has 0 N–H and O–H groups in total. The molecule has 10 nitrogen and oxygen atoms in total. The van der Waals surface area contributed by atoms with Gasteiger partial charge < -0.3 is 19.3 Å². The van der Waals surface area contributed by atoms with E-state index >= 15 is 0 Å². The van der Waals surface area contributed by atoms with Gasteiger partial charge in [-0.15, -0.1) is 11.6 Å². The van der Waals surface area contributed by atoms with Crippen molar-refractivity contribution in [1.82, 2.24) is 29.2 Å². The number of carbonyl (C=O) groups is 1. The zero-order chi connectivity index (χ0) is 32.9. The summed E-state index contributed by atoms with van der Waals surface area (Å²) in [5, 5.41) is 0.538. The highest BCUT2D eigenvalue weighted by atomic mass is 35.5. The van der Waals surface area contributed by atoms with Gasteiger partial charge in [-0.25, -0.2) is 4.98 Å². The second kappa shape index (κ2) is 15.0. The van der Waals surface area contributed by atoms with Gasteiger partial charge in [0.05, 0.1) is 34.6 Å². The average Bonchev–Trinajstić information content (AvgIpc) is 3.06. The lowest BCUT2D eigenvalue weighted by Crippen LogP contribution is -2.49. The molecule has 0 bridgehead atoms. The zero-order valence-corrected chi connectivity index (χ0v) is 28.4. The number of alkyl halides is 1. The van der Waals surface area contributed by atoms with Crippen molar-refractivity contribution in [2.24, 2.45) is 0 Å².